The highest BCUT2D eigenvalue weighted by molar-refractivity contribution is 6.32. The van der Waals surface area contributed by atoms with Gasteiger partial charge in [0.15, 0.2) is 11.6 Å². The molecule has 9 atom stereocenters. The zero-order valence-corrected chi connectivity index (χ0v) is 46.5. The van der Waals surface area contributed by atoms with Crippen molar-refractivity contribution < 1.29 is 82.1 Å². The fourth-order valence-electron chi connectivity index (χ4n) is 11.6. The number of nitrogens with zero attached hydrogens (tertiary/aromatic N) is 3. The zero-order valence-electron chi connectivity index (χ0n) is 46.5. The third-order valence-corrected chi connectivity index (χ3v) is 16.6. The van der Waals surface area contributed by atoms with E-state index >= 15 is 9.18 Å². The first kappa shape index (κ1) is 57.8. The van der Waals surface area contributed by atoms with Gasteiger partial charge < -0.3 is 69.1 Å². The summed E-state index contributed by atoms with van der Waals surface area (Å²) in [6.45, 7) is 11.9. The predicted octanol–water partition coefficient (Wildman–Crippen LogP) is 4.39. The summed E-state index contributed by atoms with van der Waals surface area (Å²) in [6, 6.07) is 0.377. The number of pyridine rings is 1. The Balaban J connectivity index is 1.01. The number of aromatic hydroxyl groups is 1. The first-order chi connectivity index (χ1) is 38.2. The number of aliphatic hydroxyl groups excluding tert-OH is 2. The molecule has 6 N–H and O–H groups in total. The number of carbonyl (C=O) groups excluding carboxylic acids is 6. The van der Waals surface area contributed by atoms with Crippen molar-refractivity contribution in [1.82, 2.24) is 20.1 Å². The number of carboxylic acid groups (broad SMARTS) is 1. The monoisotopic (exact) mass is 1120 g/mol. The molecule has 2 amide bonds. The maximum absolute atomic E-state index is 16.0. The van der Waals surface area contributed by atoms with Gasteiger partial charge in [-0.2, -0.15) is 0 Å². The number of hydrogen-bond acceptors (Lipinski definition) is 18. The van der Waals surface area contributed by atoms with Crippen molar-refractivity contribution in [2.75, 3.05) is 45.3 Å². The van der Waals surface area contributed by atoms with E-state index in [0.29, 0.717) is 0 Å². The lowest BCUT2D eigenvalue weighted by atomic mass is 9.78. The van der Waals surface area contributed by atoms with Crippen LogP contribution in [0.15, 0.2) is 64.6 Å². The Morgan fingerprint density at radius 2 is 1.57 bits per heavy atom. The maximum Gasteiger partial charge on any atom is 0.341 e. The standard InChI is InChI=1S/C58H66FN5O17/c1-24-12-11-13-25(2)55(73)61-41-44(62-19-31(20-62)56(74)60-32-21-63(22-32)43-36(59)18-34-42(53(43)78-10)64(33-14-15-33)23-35(48(34)69)57(75)76)50(71)38-39(49(41)70)47(68)29(6)52-40(38)54(72)58(8,81-52)79-17-16-37(77-9)26(3)51(80-30(7)65)28(5)46(67)27(4)45(24)66/h11-13,16-18,23-24,26-28,31-33,37,45-46,51,66-68H,14-15,19-22H2,1-10H3,(H,60,74)(H,61,73)(H,75,76)/t24-,26+,27+,28+,37-,45-,46+,51+,58-/m0/s1. The van der Waals surface area contributed by atoms with Crippen LogP contribution in [-0.4, -0.2) is 148 Å². The van der Waals surface area contributed by atoms with Gasteiger partial charge in [-0.15, -0.1) is 0 Å². The highest BCUT2D eigenvalue weighted by Crippen LogP contribution is 2.50. The summed E-state index contributed by atoms with van der Waals surface area (Å²) in [5.41, 5.74) is -3.51. The van der Waals surface area contributed by atoms with E-state index in [2.05, 4.69) is 10.6 Å². The smallest absolute Gasteiger partial charge is 0.341 e. The number of amides is 2. The number of carbonyl (C=O) groups is 7. The van der Waals surface area contributed by atoms with Crippen LogP contribution in [0.25, 0.3) is 10.9 Å². The van der Waals surface area contributed by atoms with Gasteiger partial charge >= 0.3 is 17.7 Å². The Kier molecular flexibility index (Phi) is 15.6. The van der Waals surface area contributed by atoms with Crippen molar-refractivity contribution >= 4 is 57.7 Å². The third-order valence-electron chi connectivity index (χ3n) is 16.6. The number of nitrogens with one attached hydrogen (secondary N) is 2. The van der Waals surface area contributed by atoms with Crippen LogP contribution in [-0.2, 0) is 28.6 Å². The minimum absolute atomic E-state index is 0.0276. The van der Waals surface area contributed by atoms with Gasteiger partial charge in [0.25, 0.3) is 11.7 Å². The van der Waals surface area contributed by atoms with Gasteiger partial charge in [-0.05, 0) is 38.8 Å². The number of aliphatic hydroxyl groups is 2. The van der Waals surface area contributed by atoms with Crippen molar-refractivity contribution in [3.63, 3.8) is 0 Å². The molecule has 7 aliphatic rings. The Morgan fingerprint density at radius 3 is 2.19 bits per heavy atom. The molecule has 2 aromatic carbocycles. The number of aromatic carboxylic acids is 1. The van der Waals surface area contributed by atoms with Gasteiger partial charge in [0.2, 0.25) is 22.9 Å². The predicted molar refractivity (Wildman–Crippen MR) is 287 cm³/mol. The van der Waals surface area contributed by atoms with E-state index in [4.69, 9.17) is 23.7 Å². The Morgan fingerprint density at radius 1 is 0.889 bits per heavy atom. The molecule has 5 aliphatic heterocycles. The third kappa shape index (κ3) is 10.1. The number of ether oxygens (including phenoxy) is 5. The number of phenolic OH excluding ortho intramolecular Hbond substituents is 1. The lowest BCUT2D eigenvalue weighted by Crippen LogP contribution is -2.63. The molecular formula is C58H66FN5O17. The second-order valence-corrected chi connectivity index (χ2v) is 22.2. The molecule has 0 radical (unpaired) electrons. The molecule has 81 heavy (non-hydrogen) atoms. The van der Waals surface area contributed by atoms with Gasteiger partial charge in [-0.3, -0.25) is 33.6 Å². The molecule has 2 aliphatic carbocycles. The number of allylic oxidation sites excluding steroid dienone is 4. The average Bonchev–Trinajstić information content (AvgIpc) is 2.25. The molecule has 23 heteroatoms. The summed E-state index contributed by atoms with van der Waals surface area (Å²) < 4.78 is 47.0. The fraction of sp³-hybridized carbons (Fsp3) is 0.483. The second kappa shape index (κ2) is 21.9. The quantitative estimate of drug-likeness (QED) is 0.162. The molecule has 432 valence electrons. The normalized spacial score (nSPS) is 27.5. The van der Waals surface area contributed by atoms with Gasteiger partial charge in [-0.1, -0.05) is 45.9 Å². The van der Waals surface area contributed by atoms with E-state index in [-0.39, 0.29) is 82.7 Å². The van der Waals surface area contributed by atoms with Gasteiger partial charge in [0.05, 0.1) is 71.2 Å². The highest BCUT2D eigenvalue weighted by atomic mass is 19.1. The molecule has 1 saturated carbocycles. The van der Waals surface area contributed by atoms with Crippen LogP contribution >= 0.6 is 0 Å². The molecule has 3 aromatic rings. The Hall–Kier alpha value is -7.89. The number of aromatic nitrogens is 1. The molecule has 6 heterocycles. The lowest BCUT2D eigenvalue weighted by molar-refractivity contribution is -0.160. The van der Waals surface area contributed by atoms with Crippen LogP contribution < -0.4 is 30.4 Å². The van der Waals surface area contributed by atoms with Crippen LogP contribution in [0.4, 0.5) is 10.1 Å². The number of ketones is 3. The number of carboxylic acids is 1. The first-order valence-corrected chi connectivity index (χ1v) is 26.8. The summed E-state index contributed by atoms with van der Waals surface area (Å²) in [5, 5.41) is 50.0. The van der Waals surface area contributed by atoms with E-state index in [0.717, 1.165) is 25.2 Å². The van der Waals surface area contributed by atoms with Crippen molar-refractivity contribution in [2.24, 2.45) is 29.6 Å². The number of methoxy groups -OCH3 is 2. The SMILES string of the molecule is COc1c(N2CC(NC(=O)C3CN(C4=C5NC(=O)C(C)=CC=C[C@H](C)[C@H](O)[C@@H](C)[C@@H](O)[C@@H](C)[C@H](OC(C)=O)[C@H](C)[C@@H](OC)C=CO[C@@]6(C)Oc7c(C)c(O)c(c(c7C6=O)C4=O)C5=O)C3)C2)c(F)cc2c(=O)c(C(=O)O)cn(C3CC3)c12. The van der Waals surface area contributed by atoms with Gasteiger partial charge in [0, 0.05) is 94.2 Å². The molecule has 0 unspecified atom stereocenters. The number of fused-ring (bicyclic) bond motifs is 15. The number of phenols is 1. The Bertz CT molecular complexity index is 3380. The van der Waals surface area contributed by atoms with E-state index in [9.17, 15) is 54.0 Å². The molecule has 0 spiro atoms. The number of benzene rings is 2. The number of anilines is 1. The van der Waals surface area contributed by atoms with Gasteiger partial charge in [-0.25, -0.2) is 9.18 Å². The van der Waals surface area contributed by atoms with E-state index in [1.807, 2.05) is 0 Å². The van der Waals surface area contributed by atoms with Crippen LogP contribution in [0.3, 0.4) is 0 Å². The molecule has 5 bridgehead atoms. The summed E-state index contributed by atoms with van der Waals surface area (Å²) in [6.07, 6.45) is 5.57. The maximum atomic E-state index is 16.0. The second-order valence-electron chi connectivity index (χ2n) is 22.2. The molecule has 2 saturated heterocycles. The summed E-state index contributed by atoms with van der Waals surface area (Å²) in [4.78, 5) is 113. The van der Waals surface area contributed by atoms with Crippen LogP contribution in [0, 0.1) is 42.3 Å². The first-order valence-electron chi connectivity index (χ1n) is 26.8. The zero-order chi connectivity index (χ0) is 59.0. The number of esters is 1. The van der Waals surface area contributed by atoms with Crippen molar-refractivity contribution in [3.05, 3.63) is 104 Å². The topological polar surface area (TPSA) is 299 Å². The van der Waals surface area contributed by atoms with Crippen molar-refractivity contribution in [3.8, 4) is 17.2 Å². The molecule has 1 aromatic heterocycles. The summed E-state index contributed by atoms with van der Waals surface area (Å²) >= 11 is 0. The Labute approximate surface area is 464 Å². The number of likely N-dealkylation sites (tertiary alicyclic amines) is 1. The number of halogens is 1. The largest absolute Gasteiger partial charge is 0.507 e. The van der Waals surface area contributed by atoms with Gasteiger partial charge in [0.1, 0.15) is 40.2 Å². The molecule has 3 fully saturated rings. The highest BCUT2D eigenvalue weighted by Gasteiger charge is 2.54. The minimum atomic E-state index is -2.20. The van der Waals surface area contributed by atoms with E-state index in [1.54, 1.807) is 43.2 Å². The lowest BCUT2D eigenvalue weighted by Gasteiger charge is -2.45. The molecular weight excluding hydrogens is 1060 g/mol. The average molecular weight is 1120 g/mol. The van der Waals surface area contributed by atoms with E-state index in [1.165, 1.54) is 71.2 Å². The summed E-state index contributed by atoms with van der Waals surface area (Å²) in [5.74, 6) is -13.8. The van der Waals surface area contributed by atoms with Crippen molar-refractivity contribution in [1.29, 1.82) is 0 Å². The minimum Gasteiger partial charge on any atom is -0.507 e. The van der Waals surface area contributed by atoms with E-state index < -0.39 is 146 Å². The number of hydrogen-bond donors (Lipinski definition) is 6. The molecule has 10 rings (SSSR count). The van der Waals surface area contributed by atoms with Crippen LogP contribution in [0.5, 0.6) is 17.2 Å². The van der Waals surface area contributed by atoms with Crippen molar-refractivity contribution in [2.45, 2.75) is 111 Å². The number of Topliss-reactive ketones (excluding diaryl/α,β-unsaturated/α-hetero) is 3. The van der Waals surface area contributed by atoms with Crippen LogP contribution in [0.1, 0.15) is 114 Å². The van der Waals surface area contributed by atoms with Crippen LogP contribution in [0.2, 0.25) is 0 Å². The fourth-order valence-corrected chi connectivity index (χ4v) is 11.6. The molecule has 22 nitrogen and oxygen atoms in total. The summed E-state index contributed by atoms with van der Waals surface area (Å²) in [7, 11) is 2.71. The number of rotatable bonds is 9.